The minimum absolute atomic E-state index is 0.00610. The van der Waals surface area contributed by atoms with E-state index in [4.69, 9.17) is 4.74 Å². The topological polar surface area (TPSA) is 119 Å². The quantitative estimate of drug-likeness (QED) is 0.490. The monoisotopic (exact) mass is 576 g/mol. The molecule has 2 N–H and O–H groups in total. The van der Waals surface area contributed by atoms with E-state index in [2.05, 4.69) is 15.7 Å². The molecule has 9 nitrogen and oxygen atoms in total. The second-order valence-electron chi connectivity index (χ2n) is 10.5. The van der Waals surface area contributed by atoms with E-state index in [1.54, 1.807) is 6.07 Å². The normalized spacial score (nSPS) is 22.2. The maximum atomic E-state index is 13.5. The zero-order valence-corrected chi connectivity index (χ0v) is 21.5. The number of alkyl halides is 5. The van der Waals surface area contributed by atoms with Crippen molar-refractivity contribution in [2.75, 3.05) is 23.9 Å². The third kappa shape index (κ3) is 5.72. The molecule has 0 unspecified atom stereocenters. The van der Waals surface area contributed by atoms with Crippen LogP contribution in [0.3, 0.4) is 0 Å². The van der Waals surface area contributed by atoms with Gasteiger partial charge in [0, 0.05) is 32.1 Å². The summed E-state index contributed by atoms with van der Waals surface area (Å²) in [6.45, 7) is -1.44. The van der Waals surface area contributed by atoms with Crippen molar-refractivity contribution in [3.8, 4) is 5.75 Å². The van der Waals surface area contributed by atoms with Gasteiger partial charge in [-0.3, -0.25) is 9.59 Å². The maximum absolute atomic E-state index is 13.5. The van der Waals surface area contributed by atoms with Gasteiger partial charge in [-0.2, -0.15) is 18.3 Å². The Morgan fingerprint density at radius 3 is 2.64 bits per heavy atom. The molecule has 1 aliphatic heterocycles. The van der Waals surface area contributed by atoms with E-state index >= 15 is 0 Å². The zero-order valence-electron chi connectivity index (χ0n) is 20.7. The molecule has 1 spiro atoms. The van der Waals surface area contributed by atoms with Gasteiger partial charge >= 0.3 is 6.18 Å². The Hall–Kier alpha value is -3.23. The summed E-state index contributed by atoms with van der Waals surface area (Å²) >= 11 is 0. The number of amides is 2. The van der Waals surface area contributed by atoms with Crippen LogP contribution in [0.5, 0.6) is 5.75 Å². The lowest BCUT2D eigenvalue weighted by Gasteiger charge is -2.35. The molecule has 15 heteroatoms. The van der Waals surface area contributed by atoms with Crippen LogP contribution in [0, 0.1) is 5.92 Å². The van der Waals surface area contributed by atoms with Crippen LogP contribution in [0.1, 0.15) is 46.4 Å². The third-order valence-corrected chi connectivity index (χ3v) is 7.93. The van der Waals surface area contributed by atoms with Gasteiger partial charge in [0.1, 0.15) is 22.9 Å². The van der Waals surface area contributed by atoms with Gasteiger partial charge in [-0.05, 0) is 42.0 Å². The molecular formula is C24H25F5N4O5S. The van der Waals surface area contributed by atoms with E-state index in [0.717, 1.165) is 6.26 Å². The molecular weight excluding hydrogens is 551 g/mol. The number of nitrogens with zero attached hydrogens (tertiary/aromatic N) is 2. The van der Waals surface area contributed by atoms with Crippen molar-refractivity contribution >= 4 is 27.5 Å². The summed E-state index contributed by atoms with van der Waals surface area (Å²) in [5.74, 6) is -5.60. The molecule has 2 amide bonds. The summed E-state index contributed by atoms with van der Waals surface area (Å²) in [7, 11) is -3.69. The van der Waals surface area contributed by atoms with Crippen molar-refractivity contribution in [1.29, 1.82) is 0 Å². The number of nitrogens with one attached hydrogen (secondary N) is 2. The SMILES string of the molecule is CS(=O)(=O)CC(=O)Nc1c2c(nn1CC1CC(F)(F)C1)C[C@]1(CCc3cc(OCC(F)(F)F)ccc31)NC2=O. The van der Waals surface area contributed by atoms with E-state index in [9.17, 15) is 40.0 Å². The van der Waals surface area contributed by atoms with Crippen LogP contribution in [0.25, 0.3) is 0 Å². The second-order valence-corrected chi connectivity index (χ2v) is 12.7. The molecule has 5 rings (SSSR count). The van der Waals surface area contributed by atoms with Crippen molar-refractivity contribution in [1.82, 2.24) is 15.1 Å². The minimum Gasteiger partial charge on any atom is -0.484 e. The molecule has 0 saturated heterocycles. The number of aryl methyl sites for hydroxylation is 1. The highest BCUT2D eigenvalue weighted by molar-refractivity contribution is 7.91. The molecule has 1 saturated carbocycles. The molecule has 2 aromatic rings. The van der Waals surface area contributed by atoms with Crippen molar-refractivity contribution in [3.63, 3.8) is 0 Å². The Balaban J connectivity index is 1.44. The molecule has 3 aliphatic rings. The van der Waals surface area contributed by atoms with Crippen molar-refractivity contribution in [3.05, 3.63) is 40.6 Å². The molecule has 2 aliphatic carbocycles. The number of sulfone groups is 1. The molecule has 1 aromatic heterocycles. The Morgan fingerprint density at radius 2 is 2.00 bits per heavy atom. The van der Waals surface area contributed by atoms with E-state index in [1.165, 1.54) is 16.8 Å². The number of hydrogen-bond donors (Lipinski definition) is 2. The van der Waals surface area contributed by atoms with E-state index in [0.29, 0.717) is 29.7 Å². The van der Waals surface area contributed by atoms with Gasteiger partial charge in [-0.25, -0.2) is 21.9 Å². The van der Waals surface area contributed by atoms with E-state index in [-0.39, 0.29) is 42.9 Å². The molecule has 0 radical (unpaired) electrons. The van der Waals surface area contributed by atoms with Crippen molar-refractivity contribution in [2.24, 2.45) is 5.92 Å². The fourth-order valence-electron chi connectivity index (χ4n) is 5.60. The molecule has 39 heavy (non-hydrogen) atoms. The average molecular weight is 577 g/mol. The number of aromatic nitrogens is 2. The highest BCUT2D eigenvalue weighted by Gasteiger charge is 2.48. The molecule has 1 fully saturated rings. The van der Waals surface area contributed by atoms with Gasteiger partial charge < -0.3 is 15.4 Å². The number of rotatable bonds is 7. The number of benzene rings is 1. The predicted molar refractivity (Wildman–Crippen MR) is 127 cm³/mol. The molecule has 0 bridgehead atoms. The number of fused-ring (bicyclic) bond motifs is 3. The number of anilines is 1. The van der Waals surface area contributed by atoms with Crippen molar-refractivity contribution < 1.29 is 44.7 Å². The summed E-state index contributed by atoms with van der Waals surface area (Å²) in [6.07, 6.45) is -3.32. The summed E-state index contributed by atoms with van der Waals surface area (Å²) in [6, 6.07) is 4.50. The smallest absolute Gasteiger partial charge is 0.422 e. The Morgan fingerprint density at radius 1 is 1.28 bits per heavy atom. The summed E-state index contributed by atoms with van der Waals surface area (Å²) in [4.78, 5) is 25.8. The molecule has 1 aromatic carbocycles. The Bertz CT molecular complexity index is 1450. The van der Waals surface area contributed by atoms with Crippen LogP contribution in [0.2, 0.25) is 0 Å². The van der Waals surface area contributed by atoms with Gasteiger partial charge in [-0.15, -0.1) is 0 Å². The first-order valence-electron chi connectivity index (χ1n) is 12.1. The highest BCUT2D eigenvalue weighted by Crippen LogP contribution is 2.46. The lowest BCUT2D eigenvalue weighted by atomic mass is 9.81. The van der Waals surface area contributed by atoms with Crippen LogP contribution in [0.15, 0.2) is 18.2 Å². The summed E-state index contributed by atoms with van der Waals surface area (Å²) < 4.78 is 93.9. The first-order valence-corrected chi connectivity index (χ1v) is 14.2. The Kier molecular flexibility index (Phi) is 6.43. The number of carbonyl (C=O) groups excluding carboxylic acids is 2. The minimum atomic E-state index is -4.49. The Labute approximate surface area is 220 Å². The molecule has 212 valence electrons. The van der Waals surface area contributed by atoms with Gasteiger partial charge in [0.15, 0.2) is 16.4 Å². The van der Waals surface area contributed by atoms with Crippen LogP contribution >= 0.6 is 0 Å². The fraction of sp³-hybridized carbons (Fsp3) is 0.542. The highest BCUT2D eigenvalue weighted by atomic mass is 32.2. The summed E-state index contributed by atoms with van der Waals surface area (Å²) in [5.41, 5.74) is 0.795. The number of halogens is 5. The molecule has 1 atom stereocenters. The van der Waals surface area contributed by atoms with Gasteiger partial charge in [0.25, 0.3) is 5.91 Å². The van der Waals surface area contributed by atoms with Crippen LogP contribution < -0.4 is 15.4 Å². The summed E-state index contributed by atoms with van der Waals surface area (Å²) in [5, 5.41) is 9.87. The van der Waals surface area contributed by atoms with Gasteiger partial charge in [0.05, 0.1) is 11.2 Å². The van der Waals surface area contributed by atoms with E-state index < -0.39 is 57.6 Å². The van der Waals surface area contributed by atoms with Crippen LogP contribution in [0.4, 0.5) is 27.8 Å². The lowest BCUT2D eigenvalue weighted by Crippen LogP contribution is -2.49. The van der Waals surface area contributed by atoms with Crippen LogP contribution in [-0.2, 0) is 39.6 Å². The number of hydrogen-bond acceptors (Lipinski definition) is 6. The number of carbonyl (C=O) groups is 2. The largest absolute Gasteiger partial charge is 0.484 e. The standard InChI is InChI=1S/C24H25F5N4O5S/c1-39(36,37)11-18(34)30-20-19-17(32-33(20)10-13-7-23(25,26)8-13)9-22(31-21(19)35)5-4-14-6-15(2-3-16(14)22)38-12-24(27,28)29/h2-3,6,13H,4-5,7-12H2,1H3,(H,30,34)(H,31,35)/t22-/m0/s1. The van der Waals surface area contributed by atoms with Crippen LogP contribution in [-0.4, -0.2) is 60.7 Å². The van der Waals surface area contributed by atoms with Crippen molar-refractivity contribution in [2.45, 2.75) is 56.3 Å². The number of ether oxygens (including phenoxy) is 1. The van der Waals surface area contributed by atoms with E-state index in [1.807, 2.05) is 0 Å². The zero-order chi connectivity index (χ0) is 28.4. The predicted octanol–water partition coefficient (Wildman–Crippen LogP) is 2.98. The third-order valence-electron chi connectivity index (χ3n) is 7.15. The van der Waals surface area contributed by atoms with Gasteiger partial charge in [-0.1, -0.05) is 6.07 Å². The lowest BCUT2D eigenvalue weighted by molar-refractivity contribution is -0.153. The van der Waals surface area contributed by atoms with Gasteiger partial charge in [0.2, 0.25) is 11.8 Å². The first kappa shape index (κ1) is 27.3. The molecule has 2 heterocycles. The first-order chi connectivity index (χ1) is 18.0. The fourth-order valence-corrected chi connectivity index (χ4v) is 6.15. The average Bonchev–Trinajstić information content (AvgIpc) is 3.27. The maximum Gasteiger partial charge on any atom is 0.422 e. The second kappa shape index (κ2) is 9.17.